The number of benzene rings is 2. The zero-order valence-corrected chi connectivity index (χ0v) is 22.1. The highest BCUT2D eigenvalue weighted by Crippen LogP contribution is 2.23. The number of esters is 1. The highest BCUT2D eigenvalue weighted by atomic mass is 16.7. The molecule has 0 unspecified atom stereocenters. The predicted molar refractivity (Wildman–Crippen MR) is 146 cm³/mol. The van der Waals surface area contributed by atoms with Gasteiger partial charge in [0.25, 0.3) is 0 Å². The van der Waals surface area contributed by atoms with Crippen molar-refractivity contribution < 1.29 is 28.6 Å². The smallest absolute Gasteiger partial charge is 0.433 e. The molecule has 2 aromatic rings. The Morgan fingerprint density at radius 3 is 1.95 bits per heavy atom. The molecule has 1 amide bonds. The van der Waals surface area contributed by atoms with Crippen molar-refractivity contribution in [2.75, 3.05) is 26.4 Å². The second kappa shape index (κ2) is 18.1. The first-order valence-electron chi connectivity index (χ1n) is 12.6. The summed E-state index contributed by atoms with van der Waals surface area (Å²) in [6.07, 6.45) is 5.01. The molecule has 10 nitrogen and oxygen atoms in total. The number of nitrogens with one attached hydrogen (secondary N) is 1. The van der Waals surface area contributed by atoms with Crippen LogP contribution < -0.4 is 14.8 Å². The average Bonchev–Trinajstić information content (AvgIpc) is 2.95. The normalized spacial score (nSPS) is 11.2. The van der Waals surface area contributed by atoms with Crippen LogP contribution in [0.3, 0.4) is 0 Å². The van der Waals surface area contributed by atoms with Crippen LogP contribution in [0.15, 0.2) is 76.6 Å². The fourth-order valence-corrected chi connectivity index (χ4v) is 2.85. The molecule has 0 aromatic heterocycles. The molecule has 0 fully saturated rings. The summed E-state index contributed by atoms with van der Waals surface area (Å²) in [5, 5.41) is 14.7. The van der Waals surface area contributed by atoms with Gasteiger partial charge in [-0.05, 0) is 87.6 Å². The average molecular weight is 525 g/mol. The zero-order chi connectivity index (χ0) is 27.4. The number of hydrogen-bond acceptors (Lipinski definition) is 9. The standard InChI is InChI=1S/C28H36N4O6/c1-4-22(3)32-38-28(34)29-18-21-36-26-16-12-24(13-17-26)31-30-23-10-14-25(15-11-23)35-19-8-6-7-9-20-37-27(33)5-2/h5,10-17H,2,4,6-9,18-21H2,1,3H3,(H,29,34)/b31-30?,32-22+. The van der Waals surface area contributed by atoms with Crippen LogP contribution in [0.4, 0.5) is 16.2 Å². The zero-order valence-electron chi connectivity index (χ0n) is 22.1. The molecule has 10 heteroatoms. The van der Waals surface area contributed by atoms with E-state index in [-0.39, 0.29) is 19.1 Å². The summed E-state index contributed by atoms with van der Waals surface area (Å²) in [5.74, 6) is 1.04. The Labute approximate surface area is 223 Å². The first kappa shape index (κ1) is 30.0. The third-order valence-electron chi connectivity index (χ3n) is 5.11. The molecule has 2 rings (SSSR count). The fraction of sp³-hybridized carbons (Fsp3) is 0.393. The van der Waals surface area contributed by atoms with Crippen molar-refractivity contribution in [2.45, 2.75) is 46.0 Å². The van der Waals surface area contributed by atoms with E-state index in [1.54, 1.807) is 31.2 Å². The van der Waals surface area contributed by atoms with Crippen molar-refractivity contribution in [3.8, 4) is 11.5 Å². The first-order chi connectivity index (χ1) is 18.5. The third kappa shape index (κ3) is 13.2. The molecule has 0 heterocycles. The molecule has 1 N–H and O–H groups in total. The van der Waals surface area contributed by atoms with Crippen molar-refractivity contribution >= 4 is 29.1 Å². The Bertz CT molecular complexity index is 1050. The summed E-state index contributed by atoms with van der Waals surface area (Å²) in [5.41, 5.74) is 2.13. The van der Waals surface area contributed by atoms with E-state index in [2.05, 4.69) is 27.3 Å². The number of ether oxygens (including phenoxy) is 3. The molecule has 0 atom stereocenters. The van der Waals surface area contributed by atoms with Crippen LogP contribution in [0, 0.1) is 0 Å². The number of carbonyl (C=O) groups excluding carboxylic acids is 2. The van der Waals surface area contributed by atoms with Gasteiger partial charge in [-0.25, -0.2) is 9.59 Å². The van der Waals surface area contributed by atoms with Gasteiger partial charge in [0.1, 0.15) is 18.1 Å². The molecule has 0 aliphatic heterocycles. The molecule has 0 saturated carbocycles. The van der Waals surface area contributed by atoms with Crippen molar-refractivity contribution in [1.29, 1.82) is 0 Å². The lowest BCUT2D eigenvalue weighted by atomic mass is 10.2. The van der Waals surface area contributed by atoms with Crippen LogP contribution in [-0.2, 0) is 14.4 Å². The largest absolute Gasteiger partial charge is 0.494 e. The molecular formula is C28H36N4O6. The van der Waals surface area contributed by atoms with Crippen LogP contribution in [0.25, 0.3) is 0 Å². The summed E-state index contributed by atoms with van der Waals surface area (Å²) < 4.78 is 16.3. The second-order valence-electron chi connectivity index (χ2n) is 8.16. The van der Waals surface area contributed by atoms with Gasteiger partial charge in [0.15, 0.2) is 0 Å². The minimum Gasteiger partial charge on any atom is -0.494 e. The predicted octanol–water partition coefficient (Wildman–Crippen LogP) is 6.66. The molecule has 0 saturated heterocycles. The molecule has 2 aromatic carbocycles. The van der Waals surface area contributed by atoms with Crippen molar-refractivity contribution in [1.82, 2.24) is 5.32 Å². The highest BCUT2D eigenvalue weighted by molar-refractivity contribution is 5.82. The molecule has 0 spiro atoms. The molecule has 0 bridgehead atoms. The van der Waals surface area contributed by atoms with E-state index >= 15 is 0 Å². The van der Waals surface area contributed by atoms with Crippen LogP contribution in [0.2, 0.25) is 0 Å². The number of unbranched alkanes of at least 4 members (excludes halogenated alkanes) is 3. The Kier molecular flexibility index (Phi) is 14.3. The topological polar surface area (TPSA) is 120 Å². The minimum atomic E-state index is -0.617. The minimum absolute atomic E-state index is 0.286. The Hall–Kier alpha value is -4.21. The number of carbonyl (C=O) groups is 2. The number of rotatable bonds is 17. The van der Waals surface area contributed by atoms with Crippen molar-refractivity contribution in [3.63, 3.8) is 0 Å². The van der Waals surface area contributed by atoms with Gasteiger partial charge in [0.2, 0.25) is 0 Å². The molecule has 0 radical (unpaired) electrons. The Morgan fingerprint density at radius 2 is 1.39 bits per heavy atom. The third-order valence-corrected chi connectivity index (χ3v) is 5.11. The van der Waals surface area contributed by atoms with Crippen molar-refractivity contribution in [2.24, 2.45) is 15.4 Å². The maximum atomic E-state index is 11.5. The summed E-state index contributed by atoms with van der Waals surface area (Å²) in [6.45, 7) is 8.69. The number of hydrogen-bond donors (Lipinski definition) is 1. The summed E-state index contributed by atoms with van der Waals surface area (Å²) >= 11 is 0. The lowest BCUT2D eigenvalue weighted by Gasteiger charge is -2.07. The van der Waals surface area contributed by atoms with Crippen LogP contribution >= 0.6 is 0 Å². The van der Waals surface area contributed by atoms with Crippen molar-refractivity contribution in [3.05, 3.63) is 61.2 Å². The number of oxime groups is 1. The molecule has 204 valence electrons. The maximum absolute atomic E-state index is 11.5. The van der Waals surface area contributed by atoms with E-state index < -0.39 is 6.09 Å². The van der Waals surface area contributed by atoms with E-state index in [4.69, 9.17) is 19.0 Å². The molecular weight excluding hydrogens is 488 g/mol. The molecule has 0 aliphatic rings. The molecule has 0 aliphatic carbocycles. The van der Waals surface area contributed by atoms with Crippen LogP contribution in [0.5, 0.6) is 11.5 Å². The van der Waals surface area contributed by atoms with Gasteiger partial charge in [0.05, 0.1) is 36.8 Å². The monoisotopic (exact) mass is 524 g/mol. The van der Waals surface area contributed by atoms with E-state index in [9.17, 15) is 9.59 Å². The van der Waals surface area contributed by atoms with Gasteiger partial charge in [-0.1, -0.05) is 18.7 Å². The highest BCUT2D eigenvalue weighted by Gasteiger charge is 2.02. The number of azo groups is 1. The van der Waals surface area contributed by atoms with E-state index in [1.807, 2.05) is 31.2 Å². The quantitative estimate of drug-likeness (QED) is 0.0470. The van der Waals surface area contributed by atoms with Gasteiger partial charge in [-0.3, -0.25) is 4.84 Å². The lowest BCUT2D eigenvalue weighted by molar-refractivity contribution is -0.137. The Morgan fingerprint density at radius 1 is 0.842 bits per heavy atom. The fourth-order valence-electron chi connectivity index (χ4n) is 2.85. The van der Waals surface area contributed by atoms with Gasteiger partial charge in [-0.15, -0.1) is 0 Å². The van der Waals surface area contributed by atoms with Gasteiger partial charge < -0.3 is 19.5 Å². The number of nitrogens with zero attached hydrogens (tertiary/aromatic N) is 3. The maximum Gasteiger partial charge on any atom is 0.433 e. The van der Waals surface area contributed by atoms with E-state index in [1.165, 1.54) is 6.08 Å². The summed E-state index contributed by atoms with van der Waals surface area (Å²) in [7, 11) is 0. The van der Waals surface area contributed by atoms with Gasteiger partial charge in [0, 0.05) is 6.08 Å². The summed E-state index contributed by atoms with van der Waals surface area (Å²) in [4.78, 5) is 27.2. The Balaban J connectivity index is 1.62. The van der Waals surface area contributed by atoms with E-state index in [0.29, 0.717) is 30.3 Å². The molecule has 38 heavy (non-hydrogen) atoms. The van der Waals surface area contributed by atoms with Gasteiger partial charge in [-0.2, -0.15) is 10.2 Å². The van der Waals surface area contributed by atoms with Crippen LogP contribution in [-0.4, -0.2) is 44.1 Å². The van der Waals surface area contributed by atoms with Crippen LogP contribution in [0.1, 0.15) is 46.0 Å². The number of amides is 1. The SMILES string of the molecule is C=CC(=O)OCCCCCCOc1ccc(N=Nc2ccc(OCCNC(=O)O/N=C(\C)CC)cc2)cc1. The second-order valence-corrected chi connectivity index (χ2v) is 8.16. The van der Waals surface area contributed by atoms with E-state index in [0.717, 1.165) is 43.6 Å². The lowest BCUT2D eigenvalue weighted by Crippen LogP contribution is -2.27. The van der Waals surface area contributed by atoms with Gasteiger partial charge >= 0.3 is 12.1 Å². The summed E-state index contributed by atoms with van der Waals surface area (Å²) in [6, 6.07) is 14.6. The first-order valence-corrected chi connectivity index (χ1v) is 12.6.